The first-order valence-corrected chi connectivity index (χ1v) is 9.88. The zero-order valence-electron chi connectivity index (χ0n) is 17.2. The first kappa shape index (κ1) is 22.0. The Morgan fingerprint density at radius 1 is 1.10 bits per heavy atom. The second kappa shape index (κ2) is 9.44. The Kier molecular flexibility index (Phi) is 6.71. The number of hydrogen-bond acceptors (Lipinski definition) is 5. The molecule has 3 rings (SSSR count). The molecule has 0 saturated heterocycles. The van der Waals surface area contributed by atoms with Crippen molar-refractivity contribution >= 4 is 40.8 Å². The molecule has 0 fully saturated rings. The fourth-order valence-electron chi connectivity index (χ4n) is 2.93. The number of aromatic nitrogens is 2. The lowest BCUT2D eigenvalue weighted by molar-refractivity contribution is -0.114. The van der Waals surface area contributed by atoms with E-state index in [0.717, 1.165) is 0 Å². The van der Waals surface area contributed by atoms with Gasteiger partial charge in [-0.2, -0.15) is 5.10 Å². The minimum Gasteiger partial charge on any atom is -0.462 e. The maximum absolute atomic E-state index is 12.6. The van der Waals surface area contributed by atoms with Crippen LogP contribution in [0.2, 0.25) is 5.02 Å². The van der Waals surface area contributed by atoms with Crippen molar-refractivity contribution in [2.75, 3.05) is 17.2 Å². The molecule has 0 radical (unpaired) electrons. The number of benzene rings is 2. The van der Waals surface area contributed by atoms with Crippen LogP contribution in [-0.2, 0) is 9.53 Å². The largest absolute Gasteiger partial charge is 0.462 e. The molecule has 160 valence electrons. The Bertz CT molecular complexity index is 1140. The molecule has 0 saturated carbocycles. The third-order valence-electron chi connectivity index (χ3n) is 4.41. The first-order chi connectivity index (χ1) is 14.8. The van der Waals surface area contributed by atoms with Crippen LogP contribution in [0.3, 0.4) is 0 Å². The summed E-state index contributed by atoms with van der Waals surface area (Å²) in [5, 5.41) is 9.97. The van der Waals surface area contributed by atoms with Gasteiger partial charge in [0.05, 0.1) is 34.9 Å². The molecule has 9 heteroatoms. The second-order valence-electron chi connectivity index (χ2n) is 6.65. The minimum absolute atomic E-state index is 0.227. The van der Waals surface area contributed by atoms with Gasteiger partial charge in [-0.05, 0) is 56.3 Å². The van der Waals surface area contributed by atoms with Gasteiger partial charge in [-0.1, -0.05) is 11.6 Å². The normalized spacial score (nSPS) is 10.5. The predicted octanol–water partition coefficient (Wildman–Crippen LogP) is 4.22. The third-order valence-corrected chi connectivity index (χ3v) is 4.74. The molecule has 8 nitrogen and oxygen atoms in total. The highest BCUT2D eigenvalue weighted by Crippen LogP contribution is 2.26. The van der Waals surface area contributed by atoms with E-state index in [1.54, 1.807) is 61.0 Å². The molecule has 31 heavy (non-hydrogen) atoms. The molecule has 0 bridgehead atoms. The fraction of sp³-hybridized carbons (Fsp3) is 0.182. The third kappa shape index (κ3) is 5.10. The number of halogens is 1. The van der Waals surface area contributed by atoms with Crippen LogP contribution < -0.4 is 10.6 Å². The van der Waals surface area contributed by atoms with Crippen LogP contribution in [-0.4, -0.2) is 34.2 Å². The van der Waals surface area contributed by atoms with E-state index >= 15 is 0 Å². The number of hydrogen-bond donors (Lipinski definition) is 2. The molecule has 0 aliphatic rings. The monoisotopic (exact) mass is 440 g/mol. The summed E-state index contributed by atoms with van der Waals surface area (Å²) in [4.78, 5) is 35.8. The highest BCUT2D eigenvalue weighted by atomic mass is 35.5. The molecule has 2 N–H and O–H groups in total. The Morgan fingerprint density at radius 3 is 2.45 bits per heavy atom. The van der Waals surface area contributed by atoms with Gasteiger partial charge >= 0.3 is 5.97 Å². The van der Waals surface area contributed by atoms with Gasteiger partial charge in [-0.3, -0.25) is 9.59 Å². The van der Waals surface area contributed by atoms with Gasteiger partial charge in [0, 0.05) is 18.2 Å². The highest BCUT2D eigenvalue weighted by molar-refractivity contribution is 6.34. The van der Waals surface area contributed by atoms with Crippen LogP contribution in [0.1, 0.15) is 40.3 Å². The maximum atomic E-state index is 12.6. The summed E-state index contributed by atoms with van der Waals surface area (Å²) in [5.41, 5.74) is 3.02. The van der Waals surface area contributed by atoms with Gasteiger partial charge in [0.2, 0.25) is 5.91 Å². The lowest BCUT2D eigenvalue weighted by Crippen LogP contribution is -2.13. The number of anilines is 2. The first-order valence-electron chi connectivity index (χ1n) is 9.50. The molecule has 0 atom stereocenters. The Labute approximate surface area is 184 Å². The number of ether oxygens (including phenoxy) is 1. The van der Waals surface area contributed by atoms with Gasteiger partial charge in [0.15, 0.2) is 0 Å². The zero-order chi connectivity index (χ0) is 22.5. The molecule has 3 aromatic rings. The van der Waals surface area contributed by atoms with Crippen molar-refractivity contribution < 1.29 is 19.1 Å². The van der Waals surface area contributed by atoms with Crippen molar-refractivity contribution in [2.24, 2.45) is 0 Å². The lowest BCUT2D eigenvalue weighted by atomic mass is 10.1. The van der Waals surface area contributed by atoms with Crippen LogP contribution in [0.15, 0.2) is 48.7 Å². The summed E-state index contributed by atoms with van der Waals surface area (Å²) in [5.74, 6) is -1.02. The maximum Gasteiger partial charge on any atom is 0.341 e. The number of amides is 2. The molecular weight excluding hydrogens is 420 g/mol. The smallest absolute Gasteiger partial charge is 0.341 e. The van der Waals surface area contributed by atoms with Crippen LogP contribution in [0.5, 0.6) is 0 Å². The van der Waals surface area contributed by atoms with Crippen molar-refractivity contribution in [3.8, 4) is 5.69 Å². The van der Waals surface area contributed by atoms with Crippen molar-refractivity contribution in [3.05, 3.63) is 70.5 Å². The van der Waals surface area contributed by atoms with Crippen LogP contribution >= 0.6 is 11.6 Å². The van der Waals surface area contributed by atoms with E-state index < -0.39 is 5.97 Å². The molecule has 1 aromatic heterocycles. The fourth-order valence-corrected chi connectivity index (χ4v) is 3.09. The number of nitrogens with one attached hydrogen (secondary N) is 2. The van der Waals surface area contributed by atoms with Crippen molar-refractivity contribution in [1.82, 2.24) is 9.78 Å². The number of nitrogens with zero attached hydrogens (tertiary/aromatic N) is 2. The SMILES string of the molecule is CCOC(=O)c1cnn(-c2ccc(C(=O)Nc3cc(NC(C)=O)ccc3Cl)cc2)c1C. The Morgan fingerprint density at radius 2 is 1.81 bits per heavy atom. The Balaban J connectivity index is 1.77. The van der Waals surface area contributed by atoms with Crippen LogP contribution in [0, 0.1) is 6.92 Å². The van der Waals surface area contributed by atoms with Gasteiger partial charge in [-0.25, -0.2) is 9.48 Å². The zero-order valence-corrected chi connectivity index (χ0v) is 18.0. The minimum atomic E-state index is -0.430. The average molecular weight is 441 g/mol. The predicted molar refractivity (Wildman–Crippen MR) is 118 cm³/mol. The van der Waals surface area contributed by atoms with E-state index in [2.05, 4.69) is 15.7 Å². The van der Waals surface area contributed by atoms with Gasteiger partial charge < -0.3 is 15.4 Å². The molecule has 0 aliphatic carbocycles. The van der Waals surface area contributed by atoms with E-state index in [4.69, 9.17) is 16.3 Å². The second-order valence-corrected chi connectivity index (χ2v) is 7.06. The molecular formula is C22H21ClN4O4. The highest BCUT2D eigenvalue weighted by Gasteiger charge is 2.16. The molecule has 0 aliphatic heterocycles. The molecule has 1 heterocycles. The van der Waals surface area contributed by atoms with Crippen LogP contribution in [0.25, 0.3) is 5.69 Å². The molecule has 0 spiro atoms. The van der Waals surface area contributed by atoms with Gasteiger partial charge in [0.1, 0.15) is 5.56 Å². The molecule has 2 aromatic carbocycles. The standard InChI is InChI=1S/C22H21ClN4O4/c1-4-31-22(30)18-12-24-27(13(18)2)17-8-5-15(6-9-17)21(29)26-20-11-16(25-14(3)28)7-10-19(20)23/h5-12H,4H2,1-3H3,(H,25,28)(H,26,29). The van der Waals surface area contributed by atoms with E-state index in [-0.39, 0.29) is 18.4 Å². The van der Waals surface area contributed by atoms with Gasteiger partial charge in [0.25, 0.3) is 5.91 Å². The number of rotatable bonds is 6. The van der Waals surface area contributed by atoms with E-state index in [9.17, 15) is 14.4 Å². The summed E-state index contributed by atoms with van der Waals surface area (Å²) in [7, 11) is 0. The van der Waals surface area contributed by atoms with Crippen molar-refractivity contribution in [2.45, 2.75) is 20.8 Å². The summed E-state index contributed by atoms with van der Waals surface area (Å²) < 4.78 is 6.62. The summed E-state index contributed by atoms with van der Waals surface area (Å²) in [6, 6.07) is 11.5. The molecule has 2 amide bonds. The number of carbonyl (C=O) groups excluding carboxylic acids is 3. The molecule has 0 unspecified atom stereocenters. The summed E-state index contributed by atoms with van der Waals surface area (Å²) in [6.07, 6.45) is 1.46. The average Bonchev–Trinajstić information content (AvgIpc) is 3.12. The van der Waals surface area contributed by atoms with Crippen LogP contribution in [0.4, 0.5) is 11.4 Å². The van der Waals surface area contributed by atoms with Gasteiger partial charge in [-0.15, -0.1) is 0 Å². The van der Waals surface area contributed by atoms with E-state index in [0.29, 0.717) is 38.9 Å². The van der Waals surface area contributed by atoms with Crippen molar-refractivity contribution in [3.63, 3.8) is 0 Å². The quantitative estimate of drug-likeness (QED) is 0.558. The Hall–Kier alpha value is -3.65. The van der Waals surface area contributed by atoms with E-state index in [1.165, 1.54) is 13.1 Å². The lowest BCUT2D eigenvalue weighted by Gasteiger charge is -2.11. The number of carbonyl (C=O) groups is 3. The topological polar surface area (TPSA) is 102 Å². The number of esters is 1. The van der Waals surface area contributed by atoms with E-state index in [1.807, 2.05) is 0 Å². The summed E-state index contributed by atoms with van der Waals surface area (Å²) >= 11 is 6.16. The summed E-state index contributed by atoms with van der Waals surface area (Å²) in [6.45, 7) is 5.19. The van der Waals surface area contributed by atoms with Crippen molar-refractivity contribution in [1.29, 1.82) is 0 Å².